The second-order valence-corrected chi connectivity index (χ2v) is 7.51. The molecule has 1 saturated heterocycles. The van der Waals surface area contributed by atoms with E-state index < -0.39 is 5.79 Å². The molecular formula is C18H22O3. The highest BCUT2D eigenvalue weighted by molar-refractivity contribution is 5.96. The highest BCUT2D eigenvalue weighted by atomic mass is 16.7. The first kappa shape index (κ1) is 13.3. The zero-order valence-corrected chi connectivity index (χ0v) is 13.0. The van der Waals surface area contributed by atoms with Gasteiger partial charge in [0, 0.05) is 12.0 Å². The molecule has 1 aromatic rings. The van der Waals surface area contributed by atoms with E-state index in [9.17, 15) is 4.79 Å². The van der Waals surface area contributed by atoms with Crippen molar-refractivity contribution in [3.05, 3.63) is 34.4 Å². The summed E-state index contributed by atoms with van der Waals surface area (Å²) in [4.78, 5) is 12.5. The van der Waals surface area contributed by atoms with E-state index in [4.69, 9.17) is 9.47 Å². The largest absolute Gasteiger partial charge is 0.425 e. The molecule has 1 fully saturated rings. The van der Waals surface area contributed by atoms with E-state index >= 15 is 0 Å². The number of hydrogen-bond acceptors (Lipinski definition) is 3. The van der Waals surface area contributed by atoms with E-state index in [0.717, 1.165) is 30.4 Å². The van der Waals surface area contributed by atoms with Gasteiger partial charge in [0.1, 0.15) is 0 Å². The minimum atomic E-state index is -0.803. The van der Waals surface area contributed by atoms with Crippen LogP contribution in [-0.4, -0.2) is 12.6 Å². The molecule has 2 atom stereocenters. The molecule has 3 aliphatic rings. The number of carbonyl (C=O) groups excluding carboxylic acids is 1. The Bertz CT molecular complexity index is 632. The van der Waals surface area contributed by atoms with Gasteiger partial charge in [-0.15, -0.1) is 0 Å². The first-order valence-corrected chi connectivity index (χ1v) is 7.97. The van der Waals surface area contributed by atoms with E-state index in [-0.39, 0.29) is 11.4 Å². The first-order chi connectivity index (χ1) is 9.93. The molecule has 0 radical (unpaired) electrons. The van der Waals surface area contributed by atoms with Crippen LogP contribution in [0.3, 0.4) is 0 Å². The van der Waals surface area contributed by atoms with Gasteiger partial charge in [-0.05, 0) is 41.7 Å². The van der Waals surface area contributed by atoms with Crippen molar-refractivity contribution in [1.82, 2.24) is 0 Å². The minimum absolute atomic E-state index is 0.141. The van der Waals surface area contributed by atoms with Crippen LogP contribution < -0.4 is 0 Å². The summed E-state index contributed by atoms with van der Waals surface area (Å²) in [5, 5.41) is 0. The highest BCUT2D eigenvalue weighted by Gasteiger charge is 2.52. The van der Waals surface area contributed by atoms with Crippen LogP contribution in [0.4, 0.5) is 0 Å². The summed E-state index contributed by atoms with van der Waals surface area (Å²) in [5.74, 6) is -0.562. The number of rotatable bonds is 0. The van der Waals surface area contributed by atoms with E-state index in [1.165, 1.54) is 17.5 Å². The topological polar surface area (TPSA) is 35.5 Å². The molecular weight excluding hydrogens is 264 g/mol. The van der Waals surface area contributed by atoms with Crippen LogP contribution in [-0.2, 0) is 27.1 Å². The molecule has 0 bridgehead atoms. The third-order valence-corrected chi connectivity index (χ3v) is 5.36. The summed E-state index contributed by atoms with van der Waals surface area (Å²) in [7, 11) is 0. The lowest BCUT2D eigenvalue weighted by Crippen LogP contribution is -2.26. The van der Waals surface area contributed by atoms with Crippen molar-refractivity contribution < 1.29 is 14.3 Å². The zero-order chi connectivity index (χ0) is 14.8. The van der Waals surface area contributed by atoms with Crippen LogP contribution in [0.15, 0.2) is 12.1 Å². The Morgan fingerprint density at radius 3 is 2.71 bits per heavy atom. The Hall–Kier alpha value is -1.35. The summed E-state index contributed by atoms with van der Waals surface area (Å²) in [6.07, 6.45) is 4.05. The van der Waals surface area contributed by atoms with Crippen LogP contribution in [0.25, 0.3) is 0 Å². The van der Waals surface area contributed by atoms with Crippen molar-refractivity contribution in [2.45, 2.75) is 57.7 Å². The molecule has 0 saturated carbocycles. The minimum Gasteiger partial charge on any atom is -0.425 e. The molecule has 2 aliphatic heterocycles. The SMILES string of the molecule is C[C@@H]1CO[C@]2(C1)OC(=O)c1c2ccc2c1CCCC2(C)C. The summed E-state index contributed by atoms with van der Waals surface area (Å²) in [6, 6.07) is 4.27. The summed E-state index contributed by atoms with van der Waals surface area (Å²) >= 11 is 0. The van der Waals surface area contributed by atoms with Crippen LogP contribution in [0.2, 0.25) is 0 Å². The molecule has 4 rings (SSSR count). The molecule has 0 unspecified atom stereocenters. The molecule has 1 aliphatic carbocycles. The zero-order valence-electron chi connectivity index (χ0n) is 13.0. The Balaban J connectivity index is 1.91. The summed E-state index contributed by atoms with van der Waals surface area (Å²) in [6.45, 7) is 7.33. The molecule has 3 heteroatoms. The van der Waals surface area contributed by atoms with Gasteiger partial charge in [0.25, 0.3) is 0 Å². The van der Waals surface area contributed by atoms with Gasteiger partial charge in [0.05, 0.1) is 12.2 Å². The van der Waals surface area contributed by atoms with Gasteiger partial charge in [0.15, 0.2) is 0 Å². The molecule has 1 spiro atoms. The van der Waals surface area contributed by atoms with Gasteiger partial charge >= 0.3 is 5.97 Å². The monoisotopic (exact) mass is 286 g/mol. The Labute approximate surface area is 125 Å². The van der Waals surface area contributed by atoms with Gasteiger partial charge < -0.3 is 9.47 Å². The first-order valence-electron chi connectivity index (χ1n) is 7.97. The average molecular weight is 286 g/mol. The molecule has 2 heterocycles. The Morgan fingerprint density at radius 2 is 2.00 bits per heavy atom. The van der Waals surface area contributed by atoms with Crippen LogP contribution in [0.1, 0.15) is 67.1 Å². The average Bonchev–Trinajstić information content (AvgIpc) is 2.91. The predicted octanol–water partition coefficient (Wildman–Crippen LogP) is 3.68. The van der Waals surface area contributed by atoms with E-state index in [1.807, 2.05) is 0 Å². The fourth-order valence-corrected chi connectivity index (χ4v) is 4.30. The van der Waals surface area contributed by atoms with E-state index in [2.05, 4.69) is 32.9 Å². The number of hydrogen-bond donors (Lipinski definition) is 0. The van der Waals surface area contributed by atoms with E-state index in [0.29, 0.717) is 12.5 Å². The van der Waals surface area contributed by atoms with Crippen molar-refractivity contribution in [3.8, 4) is 0 Å². The fraction of sp³-hybridized carbons (Fsp3) is 0.611. The smallest absolute Gasteiger partial charge is 0.341 e. The molecule has 112 valence electrons. The maximum absolute atomic E-state index is 12.5. The van der Waals surface area contributed by atoms with Crippen molar-refractivity contribution in [3.63, 3.8) is 0 Å². The second kappa shape index (κ2) is 4.10. The third kappa shape index (κ3) is 1.73. The third-order valence-electron chi connectivity index (χ3n) is 5.36. The number of esters is 1. The lowest BCUT2D eigenvalue weighted by Gasteiger charge is -2.33. The standard InChI is InChI=1S/C18H22O3/c1-11-9-18(20-10-11)14-7-6-13-12(15(14)16(19)21-18)5-4-8-17(13,2)3/h6-7,11H,4-5,8-10H2,1-3H3/t11-,18+/m0/s1. The number of ether oxygens (including phenoxy) is 2. The quantitative estimate of drug-likeness (QED) is 0.682. The van der Waals surface area contributed by atoms with Crippen molar-refractivity contribution >= 4 is 5.97 Å². The second-order valence-electron chi connectivity index (χ2n) is 7.51. The summed E-state index contributed by atoms with van der Waals surface area (Å²) in [5.41, 5.74) is 4.42. The molecule has 3 nitrogen and oxygen atoms in total. The Morgan fingerprint density at radius 1 is 1.24 bits per heavy atom. The van der Waals surface area contributed by atoms with Crippen molar-refractivity contribution in [2.24, 2.45) is 5.92 Å². The summed E-state index contributed by atoms with van der Waals surface area (Å²) < 4.78 is 11.6. The molecule has 0 N–H and O–H groups in total. The normalized spacial score (nSPS) is 32.9. The number of fused-ring (bicyclic) bond motifs is 4. The van der Waals surface area contributed by atoms with Gasteiger partial charge in [-0.3, -0.25) is 0 Å². The van der Waals surface area contributed by atoms with Crippen LogP contribution >= 0.6 is 0 Å². The highest BCUT2D eigenvalue weighted by Crippen LogP contribution is 2.50. The van der Waals surface area contributed by atoms with Gasteiger partial charge in [-0.1, -0.05) is 32.9 Å². The molecule has 21 heavy (non-hydrogen) atoms. The van der Waals surface area contributed by atoms with Crippen LogP contribution in [0, 0.1) is 5.92 Å². The number of benzene rings is 1. The van der Waals surface area contributed by atoms with Crippen molar-refractivity contribution in [1.29, 1.82) is 0 Å². The number of carbonyl (C=O) groups is 1. The van der Waals surface area contributed by atoms with E-state index in [1.54, 1.807) is 0 Å². The maximum Gasteiger partial charge on any atom is 0.341 e. The van der Waals surface area contributed by atoms with Crippen LogP contribution in [0.5, 0.6) is 0 Å². The fourth-order valence-electron chi connectivity index (χ4n) is 4.30. The van der Waals surface area contributed by atoms with Gasteiger partial charge in [-0.25, -0.2) is 4.79 Å². The lowest BCUT2D eigenvalue weighted by atomic mass is 9.71. The maximum atomic E-state index is 12.5. The Kier molecular flexibility index (Phi) is 2.60. The lowest BCUT2D eigenvalue weighted by molar-refractivity contribution is -0.172. The van der Waals surface area contributed by atoms with Gasteiger partial charge in [0.2, 0.25) is 5.79 Å². The van der Waals surface area contributed by atoms with Gasteiger partial charge in [-0.2, -0.15) is 0 Å². The molecule has 0 aromatic heterocycles. The molecule has 1 aromatic carbocycles. The van der Waals surface area contributed by atoms with Crippen molar-refractivity contribution in [2.75, 3.05) is 6.61 Å². The predicted molar refractivity (Wildman–Crippen MR) is 79.2 cm³/mol. The molecule has 0 amide bonds.